The van der Waals surface area contributed by atoms with Gasteiger partial charge in [-0.25, -0.2) is 0 Å². The fourth-order valence-corrected chi connectivity index (χ4v) is 6.81. The minimum Gasteiger partial charge on any atom is -0.494 e. The highest BCUT2D eigenvalue weighted by molar-refractivity contribution is 7.17. The highest BCUT2D eigenvalue weighted by atomic mass is 32.1. The lowest BCUT2D eigenvalue weighted by molar-refractivity contribution is 0.0358. The van der Waals surface area contributed by atoms with E-state index in [-0.39, 0.29) is 0 Å². The van der Waals surface area contributed by atoms with Crippen LogP contribution in [0.4, 0.5) is 0 Å². The Morgan fingerprint density at radius 3 is 2.88 bits per heavy atom. The minimum absolute atomic E-state index is 0.442. The van der Waals surface area contributed by atoms with Gasteiger partial charge in [-0.3, -0.25) is 9.80 Å². The Morgan fingerprint density at radius 2 is 1.94 bits per heavy atom. The van der Waals surface area contributed by atoms with Crippen molar-refractivity contribution >= 4 is 21.4 Å². The lowest BCUT2D eigenvalue weighted by Crippen LogP contribution is -2.37. The van der Waals surface area contributed by atoms with Crippen LogP contribution in [0.15, 0.2) is 47.8 Å². The summed E-state index contributed by atoms with van der Waals surface area (Å²) in [5.74, 6) is 1.48. The summed E-state index contributed by atoms with van der Waals surface area (Å²) in [5.41, 5.74) is 4.50. The standard InChI is InChI=1S/C27H32N2O2S/c1-4-20-9-17-32-27(20)23(5-1)25-19-29-11-2-6-26(29)24-18-21(7-8-22(24)25)31-14-3-10-28-12-15-30-16-13-28/h1,4-5,7-9,17-18,25-26H,2-3,6,10-16,19H2. The van der Waals surface area contributed by atoms with E-state index in [1.54, 1.807) is 0 Å². The molecule has 0 saturated carbocycles. The van der Waals surface area contributed by atoms with E-state index in [9.17, 15) is 0 Å². The average Bonchev–Trinajstić information content (AvgIpc) is 3.51. The van der Waals surface area contributed by atoms with Gasteiger partial charge in [-0.15, -0.1) is 11.3 Å². The molecule has 168 valence electrons. The van der Waals surface area contributed by atoms with Gasteiger partial charge in [-0.2, -0.15) is 0 Å². The molecular weight excluding hydrogens is 416 g/mol. The van der Waals surface area contributed by atoms with Gasteiger partial charge in [0.15, 0.2) is 0 Å². The zero-order chi connectivity index (χ0) is 21.3. The summed E-state index contributed by atoms with van der Waals surface area (Å²) >= 11 is 1.88. The Bertz CT molecular complexity index is 1070. The summed E-state index contributed by atoms with van der Waals surface area (Å²) in [4.78, 5) is 5.19. The predicted molar refractivity (Wildman–Crippen MR) is 131 cm³/mol. The van der Waals surface area contributed by atoms with Crippen molar-refractivity contribution in [2.45, 2.75) is 31.2 Å². The molecule has 0 N–H and O–H groups in total. The van der Waals surface area contributed by atoms with Crippen LogP contribution in [-0.2, 0) is 4.74 Å². The molecule has 2 unspecified atom stereocenters. The molecule has 2 aromatic carbocycles. The van der Waals surface area contributed by atoms with Gasteiger partial charge in [0.25, 0.3) is 0 Å². The SMILES string of the molecule is c1cc(C2CN3CCCC3c3cc(OCCCN4CCOCC4)ccc32)c2sccc2c1. The Balaban J connectivity index is 1.22. The van der Waals surface area contributed by atoms with E-state index in [0.717, 1.165) is 58.2 Å². The third-order valence-corrected chi connectivity index (χ3v) is 8.43. The Morgan fingerprint density at radius 1 is 1.00 bits per heavy atom. The van der Waals surface area contributed by atoms with Gasteiger partial charge in [0.05, 0.1) is 19.8 Å². The maximum Gasteiger partial charge on any atom is 0.119 e. The van der Waals surface area contributed by atoms with Crippen molar-refractivity contribution in [2.24, 2.45) is 0 Å². The second-order valence-corrected chi connectivity index (χ2v) is 10.3. The first-order chi connectivity index (χ1) is 15.9. The van der Waals surface area contributed by atoms with Gasteiger partial charge < -0.3 is 9.47 Å². The van der Waals surface area contributed by atoms with Crippen LogP contribution in [0.1, 0.15) is 47.9 Å². The summed E-state index contributed by atoms with van der Waals surface area (Å²) < 4.78 is 13.1. The third-order valence-electron chi connectivity index (χ3n) is 7.45. The van der Waals surface area contributed by atoms with Crippen molar-refractivity contribution in [1.29, 1.82) is 0 Å². The molecule has 3 aliphatic heterocycles. The van der Waals surface area contributed by atoms with E-state index < -0.39 is 0 Å². The first kappa shape index (κ1) is 20.7. The van der Waals surface area contributed by atoms with Crippen LogP contribution in [0.25, 0.3) is 10.1 Å². The maximum absolute atomic E-state index is 6.24. The second-order valence-electron chi connectivity index (χ2n) is 9.34. The van der Waals surface area contributed by atoms with E-state index in [4.69, 9.17) is 9.47 Å². The van der Waals surface area contributed by atoms with Crippen LogP contribution >= 0.6 is 11.3 Å². The van der Waals surface area contributed by atoms with Crippen molar-refractivity contribution in [2.75, 3.05) is 52.5 Å². The quantitative estimate of drug-likeness (QED) is 0.479. The van der Waals surface area contributed by atoms with Crippen LogP contribution in [0.2, 0.25) is 0 Å². The largest absolute Gasteiger partial charge is 0.494 e. The van der Waals surface area contributed by atoms with E-state index in [1.807, 2.05) is 11.3 Å². The van der Waals surface area contributed by atoms with Crippen molar-refractivity contribution in [1.82, 2.24) is 9.80 Å². The number of hydrogen-bond donors (Lipinski definition) is 0. The summed E-state index contributed by atoms with van der Waals surface area (Å²) in [7, 11) is 0. The average molecular weight is 449 g/mol. The molecule has 0 aliphatic carbocycles. The van der Waals surface area contributed by atoms with E-state index in [0.29, 0.717) is 12.0 Å². The van der Waals surface area contributed by atoms with Crippen LogP contribution < -0.4 is 4.74 Å². The van der Waals surface area contributed by atoms with Gasteiger partial charge in [0.1, 0.15) is 5.75 Å². The van der Waals surface area contributed by atoms with Gasteiger partial charge in [-0.1, -0.05) is 24.3 Å². The monoisotopic (exact) mass is 448 g/mol. The van der Waals surface area contributed by atoms with Crippen LogP contribution in [0.3, 0.4) is 0 Å². The van der Waals surface area contributed by atoms with E-state index >= 15 is 0 Å². The molecule has 5 heteroatoms. The number of nitrogens with zero attached hydrogens (tertiary/aromatic N) is 2. The molecule has 2 atom stereocenters. The first-order valence-electron chi connectivity index (χ1n) is 12.1. The lowest BCUT2D eigenvalue weighted by atomic mass is 9.81. The van der Waals surface area contributed by atoms with Gasteiger partial charge >= 0.3 is 0 Å². The molecule has 3 aliphatic rings. The number of morpholine rings is 1. The second kappa shape index (κ2) is 9.14. The predicted octanol–water partition coefficient (Wildman–Crippen LogP) is 5.28. The fourth-order valence-electron chi connectivity index (χ4n) is 5.84. The molecule has 32 heavy (non-hydrogen) atoms. The molecule has 4 heterocycles. The highest BCUT2D eigenvalue weighted by Crippen LogP contribution is 2.46. The molecule has 6 rings (SSSR count). The molecule has 0 spiro atoms. The van der Waals surface area contributed by atoms with Crippen molar-refractivity contribution < 1.29 is 9.47 Å². The number of benzene rings is 2. The summed E-state index contributed by atoms with van der Waals surface area (Å²) in [6.07, 6.45) is 3.63. The number of fused-ring (bicyclic) bond motifs is 4. The molecule has 4 nitrogen and oxygen atoms in total. The Hall–Kier alpha value is -1.92. The molecule has 2 saturated heterocycles. The zero-order valence-corrected chi connectivity index (χ0v) is 19.5. The number of thiophene rings is 1. The maximum atomic E-state index is 6.24. The van der Waals surface area contributed by atoms with Gasteiger partial charge in [0.2, 0.25) is 0 Å². The number of ether oxygens (including phenoxy) is 2. The highest BCUT2D eigenvalue weighted by Gasteiger charge is 2.37. The summed E-state index contributed by atoms with van der Waals surface area (Å²) in [5, 5.41) is 3.60. The fraction of sp³-hybridized carbons (Fsp3) is 0.481. The molecule has 0 amide bonds. The normalized spacial score (nSPS) is 23.9. The lowest BCUT2D eigenvalue weighted by Gasteiger charge is -2.38. The van der Waals surface area contributed by atoms with E-state index in [2.05, 4.69) is 57.6 Å². The van der Waals surface area contributed by atoms with E-state index in [1.165, 1.54) is 46.2 Å². The summed E-state index contributed by atoms with van der Waals surface area (Å²) in [6, 6.07) is 16.5. The van der Waals surface area contributed by atoms with Crippen molar-refractivity contribution in [3.8, 4) is 5.75 Å². The van der Waals surface area contributed by atoms with Crippen LogP contribution in [0.5, 0.6) is 5.75 Å². The molecule has 0 radical (unpaired) electrons. The molecule has 3 aromatic rings. The molecule has 2 fully saturated rings. The summed E-state index contributed by atoms with van der Waals surface area (Å²) in [6.45, 7) is 8.05. The molecular formula is C27H32N2O2S. The Labute approximate surface area is 194 Å². The Kier molecular flexibility index (Phi) is 5.91. The van der Waals surface area contributed by atoms with Gasteiger partial charge in [-0.05, 0) is 71.5 Å². The first-order valence-corrected chi connectivity index (χ1v) is 13.0. The van der Waals surface area contributed by atoms with Crippen LogP contribution in [-0.4, -0.2) is 62.3 Å². The topological polar surface area (TPSA) is 24.9 Å². The number of rotatable bonds is 6. The number of hydrogen-bond acceptors (Lipinski definition) is 5. The smallest absolute Gasteiger partial charge is 0.119 e. The minimum atomic E-state index is 0.442. The molecule has 1 aromatic heterocycles. The van der Waals surface area contributed by atoms with Gasteiger partial charge in [0, 0.05) is 42.8 Å². The van der Waals surface area contributed by atoms with Crippen molar-refractivity contribution in [3.05, 3.63) is 64.5 Å². The third kappa shape index (κ3) is 3.96. The zero-order valence-electron chi connectivity index (χ0n) is 18.7. The molecule has 0 bridgehead atoms. The van der Waals surface area contributed by atoms with Crippen LogP contribution in [0, 0.1) is 0 Å². The van der Waals surface area contributed by atoms with Crippen molar-refractivity contribution in [3.63, 3.8) is 0 Å².